The van der Waals surface area contributed by atoms with Gasteiger partial charge in [0.05, 0.1) is 12.9 Å². The summed E-state index contributed by atoms with van der Waals surface area (Å²) in [5.74, 6) is 1.98. The molecule has 1 aliphatic carbocycles. The summed E-state index contributed by atoms with van der Waals surface area (Å²) >= 11 is 0. The van der Waals surface area contributed by atoms with E-state index in [9.17, 15) is 0 Å². The summed E-state index contributed by atoms with van der Waals surface area (Å²) in [7, 11) is -3.45. The number of aliphatic hydroxyl groups excluding tert-OH is 1. The van der Waals surface area contributed by atoms with Crippen LogP contribution >= 0.6 is 0 Å². The molecular formula is C37H66O3Si2. The van der Waals surface area contributed by atoms with Crippen LogP contribution in [-0.2, 0) is 21.7 Å². The third-order valence-corrected chi connectivity index (χ3v) is 23.3. The molecule has 1 aliphatic heterocycles. The first-order valence-corrected chi connectivity index (χ1v) is 22.6. The Morgan fingerprint density at radius 2 is 1.43 bits per heavy atom. The monoisotopic (exact) mass is 614 g/mol. The van der Waals surface area contributed by atoms with Gasteiger partial charge < -0.3 is 14.0 Å². The molecule has 0 saturated heterocycles. The molecule has 1 N–H and O–H groups in total. The first-order valence-electron chi connectivity index (χ1n) is 16.8. The van der Waals surface area contributed by atoms with Crippen molar-refractivity contribution in [3.8, 4) is 0 Å². The third kappa shape index (κ3) is 9.19. The van der Waals surface area contributed by atoms with E-state index in [1.165, 1.54) is 43.2 Å². The zero-order valence-corrected chi connectivity index (χ0v) is 31.5. The van der Waals surface area contributed by atoms with Crippen molar-refractivity contribution in [3.63, 3.8) is 0 Å². The van der Waals surface area contributed by atoms with E-state index in [1.807, 2.05) is 6.26 Å². The molecule has 0 bridgehead atoms. The molecule has 240 valence electrons. The van der Waals surface area contributed by atoms with Gasteiger partial charge in [-0.1, -0.05) is 91.8 Å². The van der Waals surface area contributed by atoms with Crippen LogP contribution in [0.3, 0.4) is 0 Å². The highest BCUT2D eigenvalue weighted by atomic mass is 28.4. The summed E-state index contributed by atoms with van der Waals surface area (Å²) in [5.41, 5.74) is 2.82. The molecule has 1 heterocycles. The minimum Gasteiger partial charge on any atom is -0.501 e. The molecule has 0 radical (unpaired) electrons. The van der Waals surface area contributed by atoms with Gasteiger partial charge >= 0.3 is 0 Å². The maximum absolute atomic E-state index is 8.98. The lowest BCUT2D eigenvalue weighted by Gasteiger charge is -2.52. The molecule has 1 aromatic rings. The van der Waals surface area contributed by atoms with Crippen molar-refractivity contribution in [2.75, 3.05) is 13.2 Å². The van der Waals surface area contributed by atoms with Gasteiger partial charge in [0, 0.05) is 12.0 Å². The van der Waals surface area contributed by atoms with Gasteiger partial charge in [0.15, 0.2) is 16.6 Å². The van der Waals surface area contributed by atoms with Crippen molar-refractivity contribution in [2.24, 2.45) is 23.2 Å². The Kier molecular flexibility index (Phi) is 13.4. The van der Waals surface area contributed by atoms with Crippen molar-refractivity contribution in [1.82, 2.24) is 0 Å². The van der Waals surface area contributed by atoms with Crippen LogP contribution in [0.1, 0.15) is 98.6 Å². The molecule has 1 aromatic carbocycles. The summed E-state index contributed by atoms with van der Waals surface area (Å²) in [6.07, 6.45) is 17.1. The number of aliphatic hydroxyl groups is 1. The maximum Gasteiger partial charge on any atom is 0.179 e. The summed E-state index contributed by atoms with van der Waals surface area (Å²) in [4.78, 5) is 0. The predicted octanol–water partition coefficient (Wildman–Crippen LogP) is 10.7. The topological polar surface area (TPSA) is 38.7 Å². The quantitative estimate of drug-likeness (QED) is 0.177. The van der Waals surface area contributed by atoms with E-state index in [1.54, 1.807) is 0 Å². The summed E-state index contributed by atoms with van der Waals surface area (Å²) < 4.78 is 12.6. The van der Waals surface area contributed by atoms with Crippen LogP contribution in [0, 0.1) is 23.2 Å². The average Bonchev–Trinajstić information content (AvgIpc) is 3.40. The van der Waals surface area contributed by atoms with E-state index in [0.29, 0.717) is 27.8 Å². The van der Waals surface area contributed by atoms with Crippen molar-refractivity contribution >= 4 is 16.6 Å². The largest absolute Gasteiger partial charge is 0.501 e. The smallest absolute Gasteiger partial charge is 0.179 e. The van der Waals surface area contributed by atoms with E-state index in [0.717, 1.165) is 19.4 Å². The zero-order chi connectivity index (χ0) is 31.8. The molecular weight excluding hydrogens is 549 g/mol. The van der Waals surface area contributed by atoms with Gasteiger partial charge in [-0.25, -0.2) is 0 Å². The van der Waals surface area contributed by atoms with Crippen LogP contribution in [0.5, 0.6) is 0 Å². The lowest BCUT2D eigenvalue weighted by atomic mass is 9.69. The Labute approximate surface area is 262 Å². The molecule has 2 unspecified atom stereocenters. The van der Waals surface area contributed by atoms with Gasteiger partial charge in [-0.15, -0.1) is 0 Å². The Hall–Kier alpha value is -1.15. The van der Waals surface area contributed by atoms with Gasteiger partial charge in [-0.2, -0.15) is 0 Å². The molecule has 5 heteroatoms. The average molecular weight is 615 g/mol. The minimum absolute atomic E-state index is 0.216. The Morgan fingerprint density at radius 1 is 0.905 bits per heavy atom. The molecule has 0 saturated carbocycles. The van der Waals surface area contributed by atoms with Crippen LogP contribution in [0.2, 0.25) is 36.3 Å². The number of hydrogen-bond acceptors (Lipinski definition) is 3. The van der Waals surface area contributed by atoms with E-state index >= 15 is 0 Å². The van der Waals surface area contributed by atoms with Crippen LogP contribution < -0.4 is 0 Å². The number of hydrogen-bond donors (Lipinski definition) is 1. The van der Waals surface area contributed by atoms with E-state index in [-0.39, 0.29) is 12.0 Å². The second-order valence-electron chi connectivity index (χ2n) is 15.8. The first kappa shape index (κ1) is 37.0. The van der Waals surface area contributed by atoms with Crippen LogP contribution in [0.4, 0.5) is 0 Å². The SMILES string of the molecule is CC(C)C(C)(C)[Si](C)(C)O[Si](C)(C)C(C)(C)C(C)C.OCCc1ccc(CCCC2(C3C=CCCC3)C=COC2)cc1. The fourth-order valence-electron chi connectivity index (χ4n) is 6.21. The lowest BCUT2D eigenvalue weighted by molar-refractivity contribution is 0.129. The maximum atomic E-state index is 8.98. The van der Waals surface area contributed by atoms with E-state index < -0.39 is 16.6 Å². The van der Waals surface area contributed by atoms with E-state index in [4.69, 9.17) is 14.0 Å². The second kappa shape index (κ2) is 15.2. The minimum atomic E-state index is -1.72. The Morgan fingerprint density at radius 3 is 1.83 bits per heavy atom. The van der Waals surface area contributed by atoms with Crippen LogP contribution in [0.25, 0.3) is 0 Å². The fourth-order valence-corrected chi connectivity index (χ4v) is 16.2. The summed E-state index contributed by atoms with van der Waals surface area (Å²) in [6.45, 7) is 29.7. The number of allylic oxidation sites excluding steroid dienone is 2. The van der Waals surface area contributed by atoms with Gasteiger partial charge in [0.2, 0.25) is 0 Å². The zero-order valence-electron chi connectivity index (χ0n) is 29.5. The summed E-state index contributed by atoms with van der Waals surface area (Å²) in [5, 5.41) is 9.60. The second-order valence-corrected chi connectivity index (χ2v) is 25.3. The van der Waals surface area contributed by atoms with Crippen LogP contribution in [-0.4, -0.2) is 35.0 Å². The first-order chi connectivity index (χ1) is 19.4. The molecule has 0 fully saturated rings. The molecule has 3 nitrogen and oxygen atoms in total. The highest BCUT2D eigenvalue weighted by Gasteiger charge is 2.51. The number of rotatable bonds is 13. The normalized spacial score (nSPS) is 21.5. The molecule has 2 aliphatic rings. The highest BCUT2D eigenvalue weighted by molar-refractivity contribution is 6.87. The number of benzene rings is 1. The molecule has 0 spiro atoms. The molecule has 2 atom stereocenters. The van der Waals surface area contributed by atoms with Gasteiger partial charge in [-0.05, 0) is 116 Å². The standard InChI is InChI=1S/C21H28O2.C16H38OSi2/c22-15-12-19-10-8-18(9-11-19)5-4-13-21(14-16-23-17-21)20-6-2-1-3-7-20;1-13(2)15(5,6)18(9,10)17-19(11,12)16(7,8)14(3)4/h2,6,8-11,14,16,20,22H,1,3-5,7,12-13,15,17H2;13-14H,1-12H3. The Bertz CT molecular complexity index is 974. The van der Waals surface area contributed by atoms with Gasteiger partial charge in [0.1, 0.15) is 0 Å². The van der Waals surface area contributed by atoms with Gasteiger partial charge in [0.25, 0.3) is 0 Å². The summed E-state index contributed by atoms with van der Waals surface area (Å²) in [6, 6.07) is 8.70. The third-order valence-electron chi connectivity index (χ3n) is 11.9. The predicted molar refractivity (Wildman–Crippen MR) is 188 cm³/mol. The fraction of sp³-hybridized carbons (Fsp3) is 0.730. The van der Waals surface area contributed by atoms with Gasteiger partial charge in [-0.3, -0.25) is 0 Å². The van der Waals surface area contributed by atoms with Crippen molar-refractivity contribution < 1.29 is 14.0 Å². The van der Waals surface area contributed by atoms with Crippen molar-refractivity contribution in [2.45, 2.75) is 137 Å². The highest BCUT2D eigenvalue weighted by Crippen LogP contribution is 2.51. The van der Waals surface area contributed by atoms with Crippen molar-refractivity contribution in [3.05, 3.63) is 59.9 Å². The molecule has 42 heavy (non-hydrogen) atoms. The van der Waals surface area contributed by atoms with Crippen LogP contribution in [0.15, 0.2) is 48.8 Å². The molecule has 3 rings (SSSR count). The lowest BCUT2D eigenvalue weighted by Crippen LogP contribution is -2.57. The number of aryl methyl sites for hydroxylation is 1. The molecule has 0 aromatic heterocycles. The van der Waals surface area contributed by atoms with E-state index in [2.05, 4.69) is 124 Å². The Balaban J connectivity index is 0.000000301. The number of ether oxygens (including phenoxy) is 1. The van der Waals surface area contributed by atoms with Crippen molar-refractivity contribution in [1.29, 1.82) is 0 Å². The molecule has 0 amide bonds.